The second-order valence-corrected chi connectivity index (χ2v) is 4.20. The molecule has 1 heterocycles. The summed E-state index contributed by atoms with van der Waals surface area (Å²) in [5.74, 6) is 0. The first-order chi connectivity index (χ1) is 8.24. The molecule has 1 aromatic rings. The van der Waals surface area contributed by atoms with E-state index >= 15 is 0 Å². The van der Waals surface area contributed by atoms with E-state index in [4.69, 9.17) is 0 Å². The molecule has 1 aromatic carbocycles. The van der Waals surface area contributed by atoms with Crippen LogP contribution in [0.3, 0.4) is 0 Å². The number of anilines is 2. The van der Waals surface area contributed by atoms with Gasteiger partial charge in [0, 0.05) is 30.4 Å². The Morgan fingerprint density at radius 2 is 2.35 bits per heavy atom. The quantitative estimate of drug-likeness (QED) is 0.468. The zero-order valence-electron chi connectivity index (χ0n) is 9.95. The average molecular weight is 235 g/mol. The summed E-state index contributed by atoms with van der Waals surface area (Å²) >= 11 is 0. The fraction of sp³-hybridized carbons (Fsp3) is 0.500. The molecule has 2 rings (SSSR count). The summed E-state index contributed by atoms with van der Waals surface area (Å²) in [7, 11) is 0. The summed E-state index contributed by atoms with van der Waals surface area (Å²) in [6.07, 6.45) is 2.95. The third-order valence-electron chi connectivity index (χ3n) is 3.01. The van der Waals surface area contributed by atoms with Crippen molar-refractivity contribution in [2.24, 2.45) is 0 Å². The van der Waals surface area contributed by atoms with Crippen LogP contribution in [-0.2, 0) is 6.42 Å². The molecule has 5 nitrogen and oxygen atoms in total. The molecule has 0 bridgehead atoms. The monoisotopic (exact) mass is 235 g/mol. The minimum absolute atomic E-state index is 0.184. The molecule has 5 heteroatoms. The predicted molar refractivity (Wildman–Crippen MR) is 68.7 cm³/mol. The highest BCUT2D eigenvalue weighted by Gasteiger charge is 2.22. The summed E-state index contributed by atoms with van der Waals surface area (Å²) < 4.78 is 0. The molecule has 0 unspecified atom stereocenters. The molecule has 0 fully saturated rings. The van der Waals surface area contributed by atoms with Crippen molar-refractivity contribution in [3.05, 3.63) is 27.8 Å². The lowest BCUT2D eigenvalue weighted by Crippen LogP contribution is -2.06. The average Bonchev–Trinajstić information content (AvgIpc) is 2.77. The maximum Gasteiger partial charge on any atom is 0.292 e. The minimum atomic E-state index is -0.313. The largest absolute Gasteiger partial charge is 0.384 e. The lowest BCUT2D eigenvalue weighted by atomic mass is 10.1. The number of nitrogens with one attached hydrogen (secondary N) is 2. The standard InChI is InChI=1S/C12H17N3O2/c1-2-3-7-14-12-9-6-8-13-10(9)4-5-11(12)15(16)17/h4-5,13-14H,2-3,6-8H2,1H3. The summed E-state index contributed by atoms with van der Waals surface area (Å²) in [4.78, 5) is 10.7. The Bertz CT molecular complexity index is 432. The van der Waals surface area contributed by atoms with Gasteiger partial charge in [-0.1, -0.05) is 13.3 Å². The molecule has 0 radical (unpaired) electrons. The second-order valence-electron chi connectivity index (χ2n) is 4.20. The maximum absolute atomic E-state index is 11.0. The van der Waals surface area contributed by atoms with E-state index in [-0.39, 0.29) is 10.6 Å². The number of hydrogen-bond acceptors (Lipinski definition) is 4. The van der Waals surface area contributed by atoms with E-state index in [1.54, 1.807) is 12.1 Å². The molecule has 0 atom stereocenters. The van der Waals surface area contributed by atoms with E-state index < -0.39 is 0 Å². The van der Waals surface area contributed by atoms with Crippen molar-refractivity contribution in [3.8, 4) is 0 Å². The van der Waals surface area contributed by atoms with Crippen molar-refractivity contribution in [1.29, 1.82) is 0 Å². The van der Waals surface area contributed by atoms with Crippen LogP contribution in [0.5, 0.6) is 0 Å². The van der Waals surface area contributed by atoms with Gasteiger partial charge in [-0.3, -0.25) is 10.1 Å². The molecule has 1 aliphatic heterocycles. The van der Waals surface area contributed by atoms with Gasteiger partial charge in [-0.25, -0.2) is 0 Å². The third kappa shape index (κ3) is 2.33. The van der Waals surface area contributed by atoms with Crippen molar-refractivity contribution in [2.75, 3.05) is 23.7 Å². The van der Waals surface area contributed by atoms with Crippen LogP contribution < -0.4 is 10.6 Å². The van der Waals surface area contributed by atoms with Gasteiger partial charge in [0.15, 0.2) is 0 Å². The smallest absolute Gasteiger partial charge is 0.292 e. The van der Waals surface area contributed by atoms with E-state index in [0.29, 0.717) is 5.69 Å². The number of unbranched alkanes of at least 4 members (excludes halogenated alkanes) is 1. The topological polar surface area (TPSA) is 67.2 Å². The van der Waals surface area contributed by atoms with E-state index in [1.165, 1.54) is 0 Å². The van der Waals surface area contributed by atoms with Gasteiger partial charge >= 0.3 is 0 Å². The number of nitro groups is 1. The number of fused-ring (bicyclic) bond motifs is 1. The molecular formula is C12H17N3O2. The zero-order valence-corrected chi connectivity index (χ0v) is 9.95. The molecule has 0 saturated heterocycles. The SMILES string of the molecule is CCCCNc1c([N+](=O)[O-])ccc2c1CCN2. The maximum atomic E-state index is 11.0. The molecule has 0 aromatic heterocycles. The Balaban J connectivity index is 2.31. The van der Waals surface area contributed by atoms with Crippen LogP contribution in [0, 0.1) is 10.1 Å². The highest BCUT2D eigenvalue weighted by Crippen LogP contribution is 2.36. The number of nitrogens with zero attached hydrogens (tertiary/aromatic N) is 1. The van der Waals surface area contributed by atoms with Crippen LogP contribution in [0.2, 0.25) is 0 Å². The molecule has 0 saturated carbocycles. The molecule has 0 spiro atoms. The summed E-state index contributed by atoms with van der Waals surface area (Å²) in [5, 5.41) is 17.4. The number of rotatable bonds is 5. The van der Waals surface area contributed by atoms with Gasteiger partial charge in [0.25, 0.3) is 5.69 Å². The van der Waals surface area contributed by atoms with Gasteiger partial charge in [0.1, 0.15) is 5.69 Å². The van der Waals surface area contributed by atoms with Gasteiger partial charge in [-0.2, -0.15) is 0 Å². The predicted octanol–water partition coefficient (Wildman–Crippen LogP) is 2.77. The number of hydrogen-bond donors (Lipinski definition) is 2. The van der Waals surface area contributed by atoms with Gasteiger partial charge in [0.05, 0.1) is 4.92 Å². The molecular weight excluding hydrogens is 218 g/mol. The zero-order chi connectivity index (χ0) is 12.3. The van der Waals surface area contributed by atoms with Crippen LogP contribution in [0.15, 0.2) is 12.1 Å². The van der Waals surface area contributed by atoms with Crippen LogP contribution in [-0.4, -0.2) is 18.0 Å². The van der Waals surface area contributed by atoms with Crippen molar-refractivity contribution >= 4 is 17.1 Å². The van der Waals surface area contributed by atoms with Gasteiger partial charge in [-0.15, -0.1) is 0 Å². The van der Waals surface area contributed by atoms with Gasteiger partial charge in [-0.05, 0) is 18.9 Å². The summed E-state index contributed by atoms with van der Waals surface area (Å²) in [6.45, 7) is 3.75. The molecule has 0 amide bonds. The molecule has 92 valence electrons. The highest BCUT2D eigenvalue weighted by molar-refractivity contribution is 5.76. The Morgan fingerprint density at radius 3 is 3.06 bits per heavy atom. The van der Waals surface area contributed by atoms with Crippen LogP contribution in [0.1, 0.15) is 25.3 Å². The summed E-state index contributed by atoms with van der Waals surface area (Å²) in [5.41, 5.74) is 2.96. The van der Waals surface area contributed by atoms with Crippen LogP contribution in [0.4, 0.5) is 17.1 Å². The molecule has 0 aliphatic carbocycles. The fourth-order valence-electron chi connectivity index (χ4n) is 2.12. The van der Waals surface area contributed by atoms with Gasteiger partial charge in [0.2, 0.25) is 0 Å². The fourth-order valence-corrected chi connectivity index (χ4v) is 2.12. The number of nitro benzene ring substituents is 1. The second kappa shape index (κ2) is 5.03. The van der Waals surface area contributed by atoms with Crippen LogP contribution in [0.25, 0.3) is 0 Å². The Labute approximate surface area is 100 Å². The third-order valence-corrected chi connectivity index (χ3v) is 3.01. The minimum Gasteiger partial charge on any atom is -0.384 e. The Morgan fingerprint density at radius 1 is 1.53 bits per heavy atom. The van der Waals surface area contributed by atoms with Crippen molar-refractivity contribution < 1.29 is 4.92 Å². The molecule has 2 N–H and O–H groups in total. The van der Waals surface area contributed by atoms with Crippen LogP contribution >= 0.6 is 0 Å². The van der Waals surface area contributed by atoms with Gasteiger partial charge < -0.3 is 10.6 Å². The molecule has 1 aliphatic rings. The molecule has 17 heavy (non-hydrogen) atoms. The first-order valence-electron chi connectivity index (χ1n) is 6.02. The summed E-state index contributed by atoms with van der Waals surface area (Å²) in [6, 6.07) is 3.37. The lowest BCUT2D eigenvalue weighted by Gasteiger charge is -2.11. The normalized spacial score (nSPS) is 13.0. The van der Waals surface area contributed by atoms with E-state index in [9.17, 15) is 10.1 Å². The highest BCUT2D eigenvalue weighted by atomic mass is 16.6. The van der Waals surface area contributed by atoms with Crippen molar-refractivity contribution in [2.45, 2.75) is 26.2 Å². The first kappa shape index (κ1) is 11.7. The van der Waals surface area contributed by atoms with Crippen molar-refractivity contribution in [1.82, 2.24) is 0 Å². The Hall–Kier alpha value is -1.78. The van der Waals surface area contributed by atoms with Crippen molar-refractivity contribution in [3.63, 3.8) is 0 Å². The first-order valence-corrected chi connectivity index (χ1v) is 6.02. The lowest BCUT2D eigenvalue weighted by molar-refractivity contribution is -0.384. The van der Waals surface area contributed by atoms with E-state index in [2.05, 4.69) is 17.6 Å². The van der Waals surface area contributed by atoms with E-state index in [1.807, 2.05) is 0 Å². The Kier molecular flexibility index (Phi) is 3.46. The number of benzene rings is 1. The van der Waals surface area contributed by atoms with E-state index in [0.717, 1.165) is 43.6 Å².